The third kappa shape index (κ3) is 3.97. The average molecular weight is 498 g/mol. The van der Waals surface area contributed by atoms with Crippen LogP contribution < -0.4 is 0 Å². The molecule has 0 spiro atoms. The van der Waals surface area contributed by atoms with Crippen molar-refractivity contribution in [3.8, 4) is 22.5 Å². The van der Waals surface area contributed by atoms with Gasteiger partial charge in [-0.15, -0.1) is 11.3 Å². The maximum Gasteiger partial charge on any atom is 0.289 e. The molecule has 4 aromatic rings. The van der Waals surface area contributed by atoms with Gasteiger partial charge >= 0.3 is 0 Å². The number of piperidine rings is 1. The lowest BCUT2D eigenvalue weighted by Gasteiger charge is -2.30. The summed E-state index contributed by atoms with van der Waals surface area (Å²) in [7, 11) is 0. The highest BCUT2D eigenvalue weighted by atomic mass is 79.9. The van der Waals surface area contributed by atoms with Crippen LogP contribution in [0.4, 0.5) is 0 Å². The molecule has 0 unspecified atom stereocenters. The van der Waals surface area contributed by atoms with E-state index in [1.165, 1.54) is 0 Å². The molecule has 1 fully saturated rings. The van der Waals surface area contributed by atoms with Gasteiger partial charge in [0.25, 0.3) is 5.91 Å². The average Bonchev–Trinajstić information content (AvgIpc) is 3.54. The lowest BCUT2D eigenvalue weighted by atomic mass is 9.97. The monoisotopic (exact) mass is 497 g/mol. The number of amides is 1. The second kappa shape index (κ2) is 8.43. The first-order chi connectivity index (χ1) is 15.1. The number of likely N-dealkylation sites (tertiary alicyclic amines) is 1. The van der Waals surface area contributed by atoms with E-state index < -0.39 is 0 Å². The van der Waals surface area contributed by atoms with Gasteiger partial charge in [-0.2, -0.15) is 0 Å². The molecule has 0 atom stereocenters. The molecule has 0 N–H and O–H groups in total. The number of aromatic nitrogens is 2. The highest BCUT2D eigenvalue weighted by molar-refractivity contribution is 9.10. The lowest BCUT2D eigenvalue weighted by Crippen LogP contribution is -2.37. The minimum absolute atomic E-state index is 0.0587. The Hall–Kier alpha value is -2.71. The second-order valence-corrected chi connectivity index (χ2v) is 9.24. The van der Waals surface area contributed by atoms with Crippen molar-refractivity contribution in [3.63, 3.8) is 0 Å². The Morgan fingerprint density at radius 1 is 1.16 bits per heavy atom. The van der Waals surface area contributed by atoms with Crippen molar-refractivity contribution in [2.24, 2.45) is 0 Å². The van der Waals surface area contributed by atoms with E-state index in [0.717, 1.165) is 46.1 Å². The number of carbonyl (C=O) groups excluding carboxylic acids is 1. The molecule has 8 heteroatoms. The molecule has 0 bridgehead atoms. The third-order valence-electron chi connectivity index (χ3n) is 5.60. The van der Waals surface area contributed by atoms with Gasteiger partial charge in [0.2, 0.25) is 0 Å². The van der Waals surface area contributed by atoms with Crippen LogP contribution in [0.3, 0.4) is 0 Å². The normalized spacial score (nSPS) is 14.8. The van der Waals surface area contributed by atoms with Crippen LogP contribution in [-0.2, 0) is 0 Å². The Bertz CT molecular complexity index is 1210. The van der Waals surface area contributed by atoms with E-state index in [1.54, 1.807) is 23.5 Å². The van der Waals surface area contributed by atoms with Crippen LogP contribution in [0.5, 0.6) is 0 Å². The van der Waals surface area contributed by atoms with Gasteiger partial charge in [-0.25, -0.2) is 4.98 Å². The highest BCUT2D eigenvalue weighted by Crippen LogP contribution is 2.38. The first-order valence-corrected chi connectivity index (χ1v) is 11.8. The van der Waals surface area contributed by atoms with Crippen molar-refractivity contribution in [1.82, 2.24) is 15.0 Å². The predicted molar refractivity (Wildman–Crippen MR) is 122 cm³/mol. The molecule has 1 aliphatic rings. The number of furan rings is 1. The second-order valence-electron chi connectivity index (χ2n) is 7.57. The van der Waals surface area contributed by atoms with Crippen LogP contribution in [0.2, 0.25) is 0 Å². The van der Waals surface area contributed by atoms with E-state index in [1.807, 2.05) is 42.2 Å². The molecule has 1 aliphatic heterocycles. The smallest absolute Gasteiger partial charge is 0.289 e. The van der Waals surface area contributed by atoms with Gasteiger partial charge in [0.1, 0.15) is 11.5 Å². The van der Waals surface area contributed by atoms with Gasteiger partial charge in [0, 0.05) is 30.0 Å². The van der Waals surface area contributed by atoms with Crippen molar-refractivity contribution in [3.05, 3.63) is 69.0 Å². The van der Waals surface area contributed by atoms with Crippen LogP contribution in [0.25, 0.3) is 22.5 Å². The summed E-state index contributed by atoms with van der Waals surface area (Å²) in [5.41, 5.74) is 3.68. The Morgan fingerprint density at radius 3 is 2.65 bits per heavy atom. The lowest BCUT2D eigenvalue weighted by molar-refractivity contribution is 0.0679. The molecule has 1 saturated heterocycles. The number of nitrogens with zero attached hydrogens (tertiary/aromatic N) is 3. The van der Waals surface area contributed by atoms with Crippen LogP contribution in [0, 0.1) is 6.92 Å². The summed E-state index contributed by atoms with van der Waals surface area (Å²) in [5.74, 6) is 1.42. The fourth-order valence-electron chi connectivity index (χ4n) is 3.97. The van der Waals surface area contributed by atoms with E-state index in [4.69, 9.17) is 13.9 Å². The number of rotatable bonds is 4. The molecule has 6 nitrogen and oxygen atoms in total. The number of thiazole rings is 1. The van der Waals surface area contributed by atoms with E-state index in [2.05, 4.69) is 26.5 Å². The van der Waals surface area contributed by atoms with Crippen LogP contribution >= 0.6 is 27.3 Å². The van der Waals surface area contributed by atoms with Gasteiger partial charge in [0.15, 0.2) is 10.4 Å². The number of halogens is 1. The van der Waals surface area contributed by atoms with E-state index in [-0.39, 0.29) is 5.91 Å². The van der Waals surface area contributed by atoms with Crippen molar-refractivity contribution < 1.29 is 13.7 Å². The minimum atomic E-state index is -0.0587. The molecule has 1 amide bonds. The number of benzene rings is 1. The Balaban J connectivity index is 1.32. The quantitative estimate of drug-likeness (QED) is 0.338. The summed E-state index contributed by atoms with van der Waals surface area (Å²) < 4.78 is 11.5. The third-order valence-corrected chi connectivity index (χ3v) is 7.04. The summed E-state index contributed by atoms with van der Waals surface area (Å²) in [6, 6.07) is 13.5. The molecule has 4 heterocycles. The topological polar surface area (TPSA) is 72.4 Å². The largest absolute Gasteiger partial charge is 0.444 e. The molecule has 0 aliphatic carbocycles. The van der Waals surface area contributed by atoms with Gasteiger partial charge in [-0.1, -0.05) is 35.5 Å². The van der Waals surface area contributed by atoms with Crippen LogP contribution in [0.15, 0.2) is 61.5 Å². The highest BCUT2D eigenvalue weighted by Gasteiger charge is 2.28. The fourth-order valence-corrected chi connectivity index (χ4v) is 5.26. The predicted octanol–water partition coefficient (Wildman–Crippen LogP) is 6.15. The maximum atomic E-state index is 12.6. The summed E-state index contributed by atoms with van der Waals surface area (Å²) in [6.07, 6.45) is 1.77. The van der Waals surface area contributed by atoms with Gasteiger partial charge in [-0.05, 0) is 47.8 Å². The number of hydrogen-bond donors (Lipinski definition) is 0. The number of hydrogen-bond acceptors (Lipinski definition) is 6. The van der Waals surface area contributed by atoms with Crippen molar-refractivity contribution in [2.45, 2.75) is 25.7 Å². The van der Waals surface area contributed by atoms with Crippen molar-refractivity contribution in [1.29, 1.82) is 0 Å². The first-order valence-electron chi connectivity index (χ1n) is 10.1. The van der Waals surface area contributed by atoms with Crippen molar-refractivity contribution in [2.75, 3.05) is 13.1 Å². The maximum absolute atomic E-state index is 12.6. The first kappa shape index (κ1) is 20.2. The molecular formula is C23H20BrN3O3S. The zero-order valence-electron chi connectivity index (χ0n) is 16.9. The van der Waals surface area contributed by atoms with E-state index >= 15 is 0 Å². The standard InChI is InChI=1S/C23H20BrN3O3S/c1-14-20(21(26-30-14)15-5-3-2-4-6-15)17-13-31-22(25-17)16-9-11-27(12-10-16)23(28)18-7-8-19(24)29-18/h2-8,13,16H,9-12H2,1H3. The van der Waals surface area contributed by atoms with E-state index in [0.29, 0.717) is 29.4 Å². The van der Waals surface area contributed by atoms with Crippen molar-refractivity contribution >= 4 is 33.2 Å². The molecule has 5 rings (SSSR count). The van der Waals surface area contributed by atoms with Gasteiger partial charge < -0.3 is 13.8 Å². The zero-order chi connectivity index (χ0) is 21.4. The summed E-state index contributed by atoms with van der Waals surface area (Å²) >= 11 is 4.92. The number of aryl methyl sites for hydroxylation is 1. The zero-order valence-corrected chi connectivity index (χ0v) is 19.3. The molecule has 0 saturated carbocycles. The SMILES string of the molecule is Cc1onc(-c2ccccc2)c1-c1csc(C2CCN(C(=O)c3ccc(Br)o3)CC2)n1. The summed E-state index contributed by atoms with van der Waals surface area (Å²) in [6.45, 7) is 3.31. The van der Waals surface area contributed by atoms with Gasteiger partial charge in [0.05, 0.1) is 16.3 Å². The Labute approximate surface area is 192 Å². The molecule has 31 heavy (non-hydrogen) atoms. The fraction of sp³-hybridized carbons (Fsp3) is 0.261. The summed E-state index contributed by atoms with van der Waals surface area (Å²) in [5, 5.41) is 7.46. The molecule has 1 aromatic carbocycles. The van der Waals surface area contributed by atoms with Crippen LogP contribution in [-0.4, -0.2) is 34.0 Å². The molecule has 3 aromatic heterocycles. The molecular weight excluding hydrogens is 478 g/mol. The molecule has 158 valence electrons. The summed E-state index contributed by atoms with van der Waals surface area (Å²) in [4.78, 5) is 19.4. The Kier molecular flexibility index (Phi) is 5.50. The minimum Gasteiger partial charge on any atom is -0.444 e. The van der Waals surface area contributed by atoms with Crippen LogP contribution in [0.1, 0.15) is 40.1 Å². The Morgan fingerprint density at radius 2 is 1.94 bits per heavy atom. The number of carbonyl (C=O) groups is 1. The van der Waals surface area contributed by atoms with Gasteiger partial charge in [-0.3, -0.25) is 4.79 Å². The van der Waals surface area contributed by atoms with E-state index in [9.17, 15) is 4.79 Å². The molecule has 0 radical (unpaired) electrons.